The van der Waals surface area contributed by atoms with Crippen molar-refractivity contribution in [3.8, 4) is 0 Å². The van der Waals surface area contributed by atoms with Crippen LogP contribution in [0.2, 0.25) is 0 Å². The molecule has 208 valence electrons. The van der Waals surface area contributed by atoms with Crippen LogP contribution >= 0.6 is 11.3 Å². The summed E-state index contributed by atoms with van der Waals surface area (Å²) in [4.78, 5) is 39.3. The number of benzene rings is 3. The minimum Gasteiger partial charge on any atom is -0.342 e. The van der Waals surface area contributed by atoms with E-state index in [1.165, 1.54) is 6.92 Å². The number of nitrogens with two attached hydrogens (primary N) is 1. The minimum atomic E-state index is -1.04. The van der Waals surface area contributed by atoms with Crippen molar-refractivity contribution in [2.24, 2.45) is 5.73 Å². The summed E-state index contributed by atoms with van der Waals surface area (Å²) in [6.45, 7) is 2.71. The lowest BCUT2D eigenvalue weighted by molar-refractivity contribution is -0.133. The molecule has 9 heteroatoms. The first kappa shape index (κ1) is 27.8. The van der Waals surface area contributed by atoms with Crippen LogP contribution in [0.3, 0.4) is 0 Å². The lowest BCUT2D eigenvalue weighted by Gasteiger charge is -2.34. The molecule has 6 N–H and O–H groups in total. The molecule has 8 nitrogen and oxygen atoms in total. The van der Waals surface area contributed by atoms with Crippen LogP contribution in [0.5, 0.6) is 0 Å². The van der Waals surface area contributed by atoms with E-state index in [4.69, 9.17) is 5.73 Å². The average molecular weight is 558 g/mol. The Morgan fingerprint density at radius 3 is 2.42 bits per heavy atom. The fourth-order valence-electron chi connectivity index (χ4n) is 5.28. The van der Waals surface area contributed by atoms with Crippen LogP contribution in [0.4, 0.5) is 0 Å². The van der Waals surface area contributed by atoms with Gasteiger partial charge in [0.1, 0.15) is 12.2 Å². The molecule has 5 rings (SSSR count). The van der Waals surface area contributed by atoms with Gasteiger partial charge in [0, 0.05) is 24.5 Å². The van der Waals surface area contributed by atoms with E-state index in [2.05, 4.69) is 26.6 Å². The zero-order chi connectivity index (χ0) is 28.1. The van der Waals surface area contributed by atoms with E-state index in [0.29, 0.717) is 32.4 Å². The first-order chi connectivity index (χ1) is 19.3. The van der Waals surface area contributed by atoms with Crippen LogP contribution in [0.1, 0.15) is 30.9 Å². The summed E-state index contributed by atoms with van der Waals surface area (Å²) in [5.74, 6) is -0.970. The van der Waals surface area contributed by atoms with Gasteiger partial charge < -0.3 is 27.0 Å². The highest BCUT2D eigenvalue weighted by Crippen LogP contribution is 2.26. The largest absolute Gasteiger partial charge is 0.342 e. The molecule has 1 unspecified atom stereocenters. The van der Waals surface area contributed by atoms with Gasteiger partial charge in [-0.25, -0.2) is 0 Å². The smallest absolute Gasteiger partial charge is 0.244 e. The first-order valence-electron chi connectivity index (χ1n) is 13.6. The molecule has 0 saturated carbocycles. The predicted molar refractivity (Wildman–Crippen MR) is 160 cm³/mol. The van der Waals surface area contributed by atoms with E-state index in [-0.39, 0.29) is 24.1 Å². The maximum Gasteiger partial charge on any atom is 0.244 e. The van der Waals surface area contributed by atoms with Gasteiger partial charge >= 0.3 is 0 Å². The Balaban J connectivity index is 1.39. The molecule has 1 aliphatic rings. The van der Waals surface area contributed by atoms with Crippen LogP contribution < -0.4 is 27.0 Å². The topological polar surface area (TPSA) is 125 Å². The van der Waals surface area contributed by atoms with Crippen molar-refractivity contribution in [1.29, 1.82) is 0 Å². The van der Waals surface area contributed by atoms with Crippen LogP contribution in [0.25, 0.3) is 20.9 Å². The van der Waals surface area contributed by atoms with Gasteiger partial charge in [-0.1, -0.05) is 60.7 Å². The van der Waals surface area contributed by atoms with Crippen molar-refractivity contribution in [3.05, 3.63) is 83.2 Å². The fraction of sp³-hybridized carbons (Fsp3) is 0.323. The number of thiophene rings is 1. The summed E-state index contributed by atoms with van der Waals surface area (Å²) in [5.41, 5.74) is 7.39. The number of carbonyl (C=O) groups excluding carboxylic acids is 3. The van der Waals surface area contributed by atoms with Crippen LogP contribution in [-0.4, -0.2) is 48.6 Å². The van der Waals surface area contributed by atoms with Gasteiger partial charge in [-0.2, -0.15) is 0 Å². The number of rotatable bonds is 9. The maximum absolute atomic E-state index is 13.8. The number of hydrogen-bond acceptors (Lipinski definition) is 6. The molecule has 0 bridgehead atoms. The molecule has 1 aromatic heterocycles. The Hall–Kier alpha value is -3.79. The molecule has 40 heavy (non-hydrogen) atoms. The highest BCUT2D eigenvalue weighted by atomic mass is 32.1. The number of amides is 3. The third-order valence-corrected chi connectivity index (χ3v) is 8.51. The SMILES string of the molecule is CC(=O)N[C@@H](Cc1csc2ccccc12)NC(=O)C(Cc1ccc2ccccc2c1)NC(=O)C1(N)CCNCC1. The second kappa shape index (κ2) is 12.2. The Kier molecular flexibility index (Phi) is 8.44. The van der Waals surface area contributed by atoms with E-state index in [1.54, 1.807) is 11.3 Å². The summed E-state index contributed by atoms with van der Waals surface area (Å²) in [5, 5.41) is 17.3. The maximum atomic E-state index is 13.8. The normalized spacial score (nSPS) is 16.2. The number of nitrogens with one attached hydrogen (secondary N) is 4. The first-order valence-corrected chi connectivity index (χ1v) is 14.5. The quantitative estimate of drug-likeness (QED) is 0.202. The van der Waals surface area contributed by atoms with Gasteiger partial charge in [0.05, 0.1) is 5.54 Å². The molecule has 1 saturated heterocycles. The van der Waals surface area contributed by atoms with Crippen LogP contribution in [-0.2, 0) is 27.2 Å². The second-order valence-corrected chi connectivity index (χ2v) is 11.5. The van der Waals surface area contributed by atoms with E-state index in [9.17, 15) is 14.4 Å². The van der Waals surface area contributed by atoms with Gasteiger partial charge in [0.25, 0.3) is 0 Å². The molecule has 2 heterocycles. The number of piperidine rings is 1. The van der Waals surface area contributed by atoms with Gasteiger partial charge in [-0.15, -0.1) is 11.3 Å². The molecule has 3 aromatic carbocycles. The molecule has 4 aromatic rings. The fourth-order valence-corrected chi connectivity index (χ4v) is 6.25. The molecular formula is C31H35N5O3S. The van der Waals surface area contributed by atoms with Crippen LogP contribution in [0, 0.1) is 0 Å². The molecular weight excluding hydrogens is 522 g/mol. The Morgan fingerprint density at radius 2 is 1.65 bits per heavy atom. The van der Waals surface area contributed by atoms with E-state index in [1.807, 2.05) is 66.7 Å². The summed E-state index contributed by atoms with van der Waals surface area (Å²) < 4.78 is 1.14. The Labute approximate surface area is 237 Å². The van der Waals surface area contributed by atoms with Crippen molar-refractivity contribution in [3.63, 3.8) is 0 Å². The molecule has 1 fully saturated rings. The zero-order valence-electron chi connectivity index (χ0n) is 22.5. The molecule has 0 spiro atoms. The van der Waals surface area contributed by atoms with Crippen molar-refractivity contribution in [2.75, 3.05) is 13.1 Å². The summed E-state index contributed by atoms with van der Waals surface area (Å²) in [7, 11) is 0. The molecule has 0 aliphatic carbocycles. The molecule has 2 atom stereocenters. The van der Waals surface area contributed by atoms with E-state index in [0.717, 1.165) is 32.0 Å². The van der Waals surface area contributed by atoms with Crippen molar-refractivity contribution >= 4 is 49.9 Å². The Morgan fingerprint density at radius 1 is 0.925 bits per heavy atom. The highest BCUT2D eigenvalue weighted by molar-refractivity contribution is 7.17. The molecule has 0 radical (unpaired) electrons. The lowest BCUT2D eigenvalue weighted by Crippen LogP contribution is -2.63. The number of carbonyl (C=O) groups is 3. The second-order valence-electron chi connectivity index (χ2n) is 10.5. The van der Waals surface area contributed by atoms with Gasteiger partial charge in [0.15, 0.2) is 0 Å². The third kappa shape index (κ3) is 6.50. The Bertz CT molecular complexity index is 1530. The number of hydrogen-bond donors (Lipinski definition) is 5. The summed E-state index contributed by atoms with van der Waals surface area (Å²) in [6.07, 6.45) is 1.03. The van der Waals surface area contributed by atoms with Crippen molar-refractivity contribution in [2.45, 2.75) is 50.4 Å². The highest BCUT2D eigenvalue weighted by Gasteiger charge is 2.37. The van der Waals surface area contributed by atoms with Crippen LogP contribution in [0.15, 0.2) is 72.1 Å². The zero-order valence-corrected chi connectivity index (χ0v) is 23.4. The average Bonchev–Trinajstić information content (AvgIpc) is 3.35. The lowest BCUT2D eigenvalue weighted by atomic mass is 9.88. The third-order valence-electron chi connectivity index (χ3n) is 7.50. The van der Waals surface area contributed by atoms with E-state index >= 15 is 0 Å². The summed E-state index contributed by atoms with van der Waals surface area (Å²) in [6, 6.07) is 21.2. The van der Waals surface area contributed by atoms with Gasteiger partial charge in [-0.3, -0.25) is 14.4 Å². The minimum absolute atomic E-state index is 0.254. The van der Waals surface area contributed by atoms with Crippen molar-refractivity contribution in [1.82, 2.24) is 21.3 Å². The van der Waals surface area contributed by atoms with Gasteiger partial charge in [-0.05, 0) is 64.7 Å². The van der Waals surface area contributed by atoms with E-state index < -0.39 is 17.7 Å². The molecule has 3 amide bonds. The standard InChI is InChI=1S/C31H35N5O3S/c1-20(37)34-28(18-24-19-40-27-9-5-4-8-25(24)27)36-29(38)26(35-30(39)31(32)12-14-33-15-13-31)17-21-10-11-22-6-2-3-7-23(22)16-21/h2-11,16,19,26,28,33H,12-15,17-18,32H2,1H3,(H,34,37)(H,35,39)(H,36,38)/t26?,28-/m1/s1. The molecule has 1 aliphatic heterocycles. The van der Waals surface area contributed by atoms with Crippen molar-refractivity contribution < 1.29 is 14.4 Å². The monoisotopic (exact) mass is 557 g/mol. The number of fused-ring (bicyclic) bond motifs is 2. The summed E-state index contributed by atoms with van der Waals surface area (Å²) >= 11 is 1.62. The predicted octanol–water partition coefficient (Wildman–Crippen LogP) is 2.98. The van der Waals surface area contributed by atoms with Gasteiger partial charge in [0.2, 0.25) is 17.7 Å².